The summed E-state index contributed by atoms with van der Waals surface area (Å²) in [5, 5.41) is 14.5. The molecule has 0 radical (unpaired) electrons. The first-order valence-electron chi connectivity index (χ1n) is 8.27. The molecule has 0 unspecified atom stereocenters. The fraction of sp³-hybridized carbons (Fsp3) is 0.312. The standard InChI is InChI=1S/C16H16N6O4S/c23-14(18-16-19-17-10-27-16)9-21-3-5-22(6-4-21)15(24)11-8-13(26-20-11)12-2-1-7-25-12/h1-2,7-8,10H,3-6,9H2,(H,18,19,23). The molecule has 0 atom stereocenters. The topological polar surface area (TPSA) is 118 Å². The van der Waals surface area contributed by atoms with Crippen molar-refractivity contribution in [3.63, 3.8) is 0 Å². The molecule has 0 bridgehead atoms. The molecule has 1 fully saturated rings. The van der Waals surface area contributed by atoms with Crippen molar-refractivity contribution in [2.75, 3.05) is 38.0 Å². The molecule has 27 heavy (non-hydrogen) atoms. The number of hydrogen-bond donors (Lipinski definition) is 1. The molecule has 0 aromatic carbocycles. The lowest BCUT2D eigenvalue weighted by Gasteiger charge is -2.33. The first-order valence-corrected chi connectivity index (χ1v) is 9.15. The van der Waals surface area contributed by atoms with E-state index in [4.69, 9.17) is 8.94 Å². The number of carbonyl (C=O) groups is 2. The summed E-state index contributed by atoms with van der Waals surface area (Å²) in [5.41, 5.74) is 1.80. The zero-order valence-corrected chi connectivity index (χ0v) is 15.0. The number of nitrogens with zero attached hydrogens (tertiary/aromatic N) is 5. The van der Waals surface area contributed by atoms with Crippen LogP contribution in [0.2, 0.25) is 0 Å². The van der Waals surface area contributed by atoms with E-state index in [-0.39, 0.29) is 24.1 Å². The van der Waals surface area contributed by atoms with Crippen LogP contribution in [0.3, 0.4) is 0 Å². The van der Waals surface area contributed by atoms with Crippen LogP contribution in [-0.4, -0.2) is 69.7 Å². The second-order valence-corrected chi connectivity index (χ2v) is 6.75. The fourth-order valence-corrected chi connectivity index (χ4v) is 3.23. The molecule has 0 saturated carbocycles. The molecular formula is C16H16N6O4S. The second-order valence-electron chi connectivity index (χ2n) is 5.91. The van der Waals surface area contributed by atoms with Gasteiger partial charge in [-0.15, -0.1) is 10.2 Å². The molecule has 2 amide bonds. The van der Waals surface area contributed by atoms with Gasteiger partial charge in [0.15, 0.2) is 11.5 Å². The summed E-state index contributed by atoms with van der Waals surface area (Å²) in [4.78, 5) is 28.3. The highest BCUT2D eigenvalue weighted by Crippen LogP contribution is 2.21. The van der Waals surface area contributed by atoms with Gasteiger partial charge < -0.3 is 13.8 Å². The van der Waals surface area contributed by atoms with Gasteiger partial charge in [0.2, 0.25) is 16.8 Å². The minimum Gasteiger partial charge on any atom is -0.461 e. The van der Waals surface area contributed by atoms with Gasteiger partial charge in [-0.1, -0.05) is 16.5 Å². The summed E-state index contributed by atoms with van der Waals surface area (Å²) in [6, 6.07) is 5.04. The Bertz CT molecular complexity index is 899. The lowest BCUT2D eigenvalue weighted by molar-refractivity contribution is -0.117. The third kappa shape index (κ3) is 4.04. The van der Waals surface area contributed by atoms with Crippen molar-refractivity contribution in [3.05, 3.63) is 35.7 Å². The summed E-state index contributed by atoms with van der Waals surface area (Å²) in [5.74, 6) is 0.587. The Kier molecular flexibility index (Phi) is 4.94. The van der Waals surface area contributed by atoms with Crippen molar-refractivity contribution in [2.45, 2.75) is 0 Å². The monoisotopic (exact) mass is 388 g/mol. The third-order valence-electron chi connectivity index (χ3n) is 4.13. The quantitative estimate of drug-likeness (QED) is 0.692. The van der Waals surface area contributed by atoms with E-state index in [1.807, 2.05) is 4.90 Å². The van der Waals surface area contributed by atoms with Crippen molar-refractivity contribution in [1.29, 1.82) is 0 Å². The number of piperazine rings is 1. The van der Waals surface area contributed by atoms with Gasteiger partial charge in [0.05, 0.1) is 12.8 Å². The van der Waals surface area contributed by atoms with E-state index in [0.717, 1.165) is 0 Å². The number of rotatable bonds is 5. The molecular weight excluding hydrogens is 372 g/mol. The largest absolute Gasteiger partial charge is 0.461 e. The maximum Gasteiger partial charge on any atom is 0.276 e. The predicted molar refractivity (Wildman–Crippen MR) is 95.1 cm³/mol. The number of anilines is 1. The zero-order valence-electron chi connectivity index (χ0n) is 14.2. The van der Waals surface area contributed by atoms with Gasteiger partial charge in [-0.2, -0.15) is 0 Å². The van der Waals surface area contributed by atoms with Gasteiger partial charge in [0, 0.05) is 32.2 Å². The van der Waals surface area contributed by atoms with Crippen LogP contribution in [0.4, 0.5) is 5.13 Å². The van der Waals surface area contributed by atoms with Crippen molar-refractivity contribution < 1.29 is 18.5 Å². The minimum atomic E-state index is -0.200. The van der Waals surface area contributed by atoms with E-state index in [1.165, 1.54) is 17.6 Å². The van der Waals surface area contributed by atoms with Gasteiger partial charge in [-0.25, -0.2) is 0 Å². The van der Waals surface area contributed by atoms with Gasteiger partial charge in [0.1, 0.15) is 5.51 Å². The first-order chi connectivity index (χ1) is 13.2. The summed E-state index contributed by atoms with van der Waals surface area (Å²) in [7, 11) is 0. The number of furan rings is 1. The Hall–Kier alpha value is -3.05. The van der Waals surface area contributed by atoms with Crippen molar-refractivity contribution in [3.8, 4) is 11.5 Å². The molecule has 1 aliphatic rings. The highest BCUT2D eigenvalue weighted by molar-refractivity contribution is 7.13. The summed E-state index contributed by atoms with van der Waals surface area (Å²) in [6.45, 7) is 2.45. The Balaban J connectivity index is 1.28. The summed E-state index contributed by atoms with van der Waals surface area (Å²) >= 11 is 1.27. The minimum absolute atomic E-state index is 0.147. The Morgan fingerprint density at radius 3 is 2.78 bits per heavy atom. The van der Waals surface area contributed by atoms with E-state index in [0.29, 0.717) is 42.8 Å². The molecule has 11 heteroatoms. The number of aromatic nitrogens is 3. The molecule has 3 aromatic heterocycles. The lowest BCUT2D eigenvalue weighted by Crippen LogP contribution is -2.50. The van der Waals surface area contributed by atoms with Crippen LogP contribution in [0.25, 0.3) is 11.5 Å². The molecule has 4 heterocycles. The van der Waals surface area contributed by atoms with Crippen LogP contribution < -0.4 is 5.32 Å². The van der Waals surface area contributed by atoms with E-state index >= 15 is 0 Å². The molecule has 0 spiro atoms. The Morgan fingerprint density at radius 1 is 1.22 bits per heavy atom. The average Bonchev–Trinajstić information content (AvgIpc) is 3.43. The van der Waals surface area contributed by atoms with Crippen molar-refractivity contribution in [2.24, 2.45) is 0 Å². The molecule has 4 rings (SSSR count). The highest BCUT2D eigenvalue weighted by atomic mass is 32.1. The number of hydrogen-bond acceptors (Lipinski definition) is 9. The van der Waals surface area contributed by atoms with Gasteiger partial charge in [0.25, 0.3) is 5.91 Å². The maximum absolute atomic E-state index is 12.6. The molecule has 10 nitrogen and oxygen atoms in total. The zero-order chi connectivity index (χ0) is 18.6. The van der Waals surface area contributed by atoms with Gasteiger partial charge in [-0.05, 0) is 12.1 Å². The summed E-state index contributed by atoms with van der Waals surface area (Å²) < 4.78 is 10.4. The summed E-state index contributed by atoms with van der Waals surface area (Å²) in [6.07, 6.45) is 1.53. The van der Waals surface area contributed by atoms with Crippen LogP contribution in [0, 0.1) is 0 Å². The fourth-order valence-electron chi connectivity index (χ4n) is 2.77. The molecule has 1 N–H and O–H groups in total. The molecule has 1 saturated heterocycles. The first kappa shape index (κ1) is 17.4. The van der Waals surface area contributed by atoms with Crippen molar-refractivity contribution >= 4 is 28.3 Å². The number of carbonyl (C=O) groups excluding carboxylic acids is 2. The molecule has 140 valence electrons. The third-order valence-corrected chi connectivity index (χ3v) is 4.73. The molecule has 1 aliphatic heterocycles. The molecule has 0 aliphatic carbocycles. The maximum atomic E-state index is 12.6. The Morgan fingerprint density at radius 2 is 2.07 bits per heavy atom. The lowest BCUT2D eigenvalue weighted by atomic mass is 10.2. The number of nitrogens with one attached hydrogen (secondary N) is 1. The Labute approximate surface area is 157 Å². The SMILES string of the molecule is O=C(CN1CCN(C(=O)c2cc(-c3ccco3)on2)CC1)Nc1nncs1. The van der Waals surface area contributed by atoms with E-state index < -0.39 is 0 Å². The smallest absolute Gasteiger partial charge is 0.276 e. The molecule has 3 aromatic rings. The van der Waals surface area contributed by atoms with Crippen LogP contribution in [-0.2, 0) is 4.79 Å². The van der Waals surface area contributed by atoms with Crippen LogP contribution in [0.1, 0.15) is 10.5 Å². The van der Waals surface area contributed by atoms with Crippen LogP contribution in [0.15, 0.2) is 38.9 Å². The van der Waals surface area contributed by atoms with Crippen molar-refractivity contribution in [1.82, 2.24) is 25.2 Å². The van der Waals surface area contributed by atoms with Crippen LogP contribution in [0.5, 0.6) is 0 Å². The second kappa shape index (κ2) is 7.68. The van der Waals surface area contributed by atoms with Gasteiger partial charge in [-0.3, -0.25) is 19.8 Å². The normalized spacial score (nSPS) is 15.0. The van der Waals surface area contributed by atoms with E-state index in [9.17, 15) is 9.59 Å². The van der Waals surface area contributed by atoms with Crippen LogP contribution >= 0.6 is 11.3 Å². The number of amides is 2. The predicted octanol–water partition coefficient (Wildman–Crippen LogP) is 1.18. The van der Waals surface area contributed by atoms with E-state index in [2.05, 4.69) is 20.7 Å². The van der Waals surface area contributed by atoms with E-state index in [1.54, 1.807) is 28.6 Å². The average molecular weight is 388 g/mol. The highest BCUT2D eigenvalue weighted by Gasteiger charge is 2.26. The van der Waals surface area contributed by atoms with Gasteiger partial charge >= 0.3 is 0 Å².